The van der Waals surface area contributed by atoms with Crippen molar-refractivity contribution in [3.8, 4) is 34.5 Å². The van der Waals surface area contributed by atoms with Gasteiger partial charge >= 0.3 is 0 Å². The fraction of sp³-hybridized carbons (Fsp3) is 0.235. The fourth-order valence-corrected chi connectivity index (χ4v) is 5.15. The van der Waals surface area contributed by atoms with Crippen LogP contribution in [0.2, 0.25) is 0 Å². The number of benzene rings is 2. The van der Waals surface area contributed by atoms with Crippen LogP contribution in [0.5, 0.6) is 0 Å². The van der Waals surface area contributed by atoms with Crippen molar-refractivity contribution in [2.45, 2.75) is 39.3 Å². The first-order valence-corrected chi connectivity index (χ1v) is 14.3. The van der Waals surface area contributed by atoms with Crippen LogP contribution in [0.25, 0.3) is 33.3 Å². The lowest BCUT2D eigenvalue weighted by atomic mass is 9.97. The molecule has 0 bridgehead atoms. The Morgan fingerprint density at radius 3 is 2.33 bits per heavy atom. The summed E-state index contributed by atoms with van der Waals surface area (Å²) < 4.78 is 0. The van der Waals surface area contributed by atoms with Crippen LogP contribution in [0, 0.1) is 22.7 Å². The van der Waals surface area contributed by atoms with Crippen molar-refractivity contribution < 1.29 is 0 Å². The zero-order chi connectivity index (χ0) is 29.3. The highest BCUT2D eigenvalue weighted by atomic mass is 15.1. The molecule has 8 heteroatoms. The van der Waals surface area contributed by atoms with Gasteiger partial charge in [0, 0.05) is 60.6 Å². The van der Waals surface area contributed by atoms with Crippen LogP contribution >= 0.6 is 0 Å². The predicted molar refractivity (Wildman–Crippen MR) is 165 cm³/mol. The molecule has 0 spiro atoms. The molecule has 1 N–H and O–H groups in total. The molecule has 0 atom stereocenters. The van der Waals surface area contributed by atoms with Gasteiger partial charge in [-0.3, -0.25) is 4.90 Å². The van der Waals surface area contributed by atoms with E-state index in [4.69, 9.17) is 10.2 Å². The molecule has 0 amide bonds. The average molecular weight is 553 g/mol. The highest BCUT2D eigenvalue weighted by Gasteiger charge is 2.20. The minimum absolute atomic E-state index is 0.185. The summed E-state index contributed by atoms with van der Waals surface area (Å²) in [5.74, 6) is 0.891. The number of anilines is 1. The predicted octanol–water partition coefficient (Wildman–Crippen LogP) is 6.60. The summed E-state index contributed by atoms with van der Waals surface area (Å²) in [7, 11) is 0. The van der Waals surface area contributed by atoms with Gasteiger partial charge < -0.3 is 5.32 Å². The molecule has 1 fully saturated rings. The van der Waals surface area contributed by atoms with E-state index in [2.05, 4.69) is 73.7 Å². The van der Waals surface area contributed by atoms with Gasteiger partial charge in [0.25, 0.3) is 0 Å². The monoisotopic (exact) mass is 552 g/mol. The number of piperidine rings is 1. The maximum Gasteiger partial charge on any atom is 0.234 e. The van der Waals surface area contributed by atoms with Crippen molar-refractivity contribution in [1.82, 2.24) is 24.8 Å². The van der Waals surface area contributed by atoms with Crippen molar-refractivity contribution in [2.75, 3.05) is 18.4 Å². The van der Waals surface area contributed by atoms with Crippen LogP contribution in [-0.4, -0.2) is 44.0 Å². The van der Waals surface area contributed by atoms with Crippen molar-refractivity contribution in [3.63, 3.8) is 0 Å². The van der Waals surface area contributed by atoms with Crippen LogP contribution in [-0.2, 0) is 6.54 Å². The van der Waals surface area contributed by atoms with E-state index in [0.29, 0.717) is 17.6 Å². The lowest BCUT2D eigenvalue weighted by molar-refractivity contribution is 0.211. The summed E-state index contributed by atoms with van der Waals surface area (Å²) in [6.07, 6.45) is 5.34. The summed E-state index contributed by atoms with van der Waals surface area (Å²) in [5, 5.41) is 22.7. The number of hydrogen-bond acceptors (Lipinski definition) is 8. The lowest BCUT2D eigenvalue weighted by Crippen LogP contribution is -2.38. The molecular formula is C34H32N8. The van der Waals surface area contributed by atoms with E-state index in [0.717, 1.165) is 65.8 Å². The Bertz CT molecular complexity index is 1730. The fourth-order valence-electron chi connectivity index (χ4n) is 5.15. The van der Waals surface area contributed by atoms with Gasteiger partial charge in [0.15, 0.2) is 0 Å². The Labute approximate surface area is 246 Å². The van der Waals surface area contributed by atoms with E-state index in [-0.39, 0.29) is 5.82 Å². The Kier molecular flexibility index (Phi) is 9.08. The zero-order valence-corrected chi connectivity index (χ0v) is 23.8. The maximum absolute atomic E-state index is 9.32. The van der Waals surface area contributed by atoms with Crippen LogP contribution in [0.4, 0.5) is 5.82 Å². The summed E-state index contributed by atoms with van der Waals surface area (Å²) in [6, 6.07) is 29.0. The number of likely N-dealkylation sites (tertiary alicyclic amines) is 1. The van der Waals surface area contributed by atoms with E-state index in [1.165, 1.54) is 5.56 Å². The molecule has 0 aliphatic carbocycles. The molecule has 3 aromatic heterocycles. The van der Waals surface area contributed by atoms with Gasteiger partial charge in [0.05, 0.1) is 11.2 Å². The molecule has 5 aromatic rings. The number of nitrogens with zero attached hydrogens (tertiary/aromatic N) is 7. The Morgan fingerprint density at radius 1 is 0.857 bits per heavy atom. The highest BCUT2D eigenvalue weighted by Crippen LogP contribution is 2.33. The Morgan fingerprint density at radius 2 is 1.62 bits per heavy atom. The third kappa shape index (κ3) is 6.58. The van der Waals surface area contributed by atoms with Crippen molar-refractivity contribution in [3.05, 3.63) is 102 Å². The second-order valence-corrected chi connectivity index (χ2v) is 9.89. The summed E-state index contributed by atoms with van der Waals surface area (Å²) >= 11 is 0. The molecule has 1 aliphatic heterocycles. The van der Waals surface area contributed by atoms with Gasteiger partial charge in [0.2, 0.25) is 5.82 Å². The average Bonchev–Trinajstić information content (AvgIpc) is 3.06. The third-order valence-corrected chi connectivity index (χ3v) is 7.23. The quantitative estimate of drug-likeness (QED) is 0.251. The second-order valence-electron chi connectivity index (χ2n) is 9.89. The molecule has 0 saturated carbocycles. The highest BCUT2D eigenvalue weighted by molar-refractivity contribution is 5.91. The van der Waals surface area contributed by atoms with E-state index in [9.17, 15) is 5.26 Å². The molecule has 0 radical (unpaired) electrons. The van der Waals surface area contributed by atoms with E-state index in [1.807, 2.05) is 44.2 Å². The number of aromatic nitrogens is 4. The van der Waals surface area contributed by atoms with Gasteiger partial charge in [-0.05, 0) is 36.1 Å². The summed E-state index contributed by atoms with van der Waals surface area (Å²) in [6.45, 7) is 6.84. The molecule has 0 unspecified atom stereocenters. The molecular weight excluding hydrogens is 520 g/mol. The first kappa shape index (κ1) is 28.4. The summed E-state index contributed by atoms with van der Waals surface area (Å²) in [5.41, 5.74) is 6.41. The van der Waals surface area contributed by atoms with Crippen molar-refractivity contribution in [1.29, 1.82) is 10.5 Å². The van der Waals surface area contributed by atoms with Crippen molar-refractivity contribution >= 4 is 16.7 Å². The smallest absolute Gasteiger partial charge is 0.234 e. The lowest BCUT2D eigenvalue weighted by Gasteiger charge is -2.32. The van der Waals surface area contributed by atoms with Crippen LogP contribution in [0.15, 0.2) is 85.2 Å². The number of pyridine rings is 2. The number of nitrogens with one attached hydrogen (secondary N) is 1. The molecule has 4 heterocycles. The van der Waals surface area contributed by atoms with Gasteiger partial charge in [0.1, 0.15) is 23.7 Å². The third-order valence-electron chi connectivity index (χ3n) is 7.23. The standard InChI is InChI=1S/C32H26N8.C2H6/c33-18-27-17-29-25(20-36-27)16-28(23-4-2-1-3-5-23)32(38-29)24-8-6-22(7-9-24)21-40-14-11-26(12-15-40)37-30-10-13-35-31(19-34)39-30;1-2/h1-10,13,16-17,20,26H,11-12,14-15,21H2,(H,35,37,39);1-2H3. The Balaban J connectivity index is 0.00000173. The van der Waals surface area contributed by atoms with Crippen LogP contribution < -0.4 is 5.32 Å². The number of rotatable bonds is 6. The molecule has 42 heavy (non-hydrogen) atoms. The number of nitriles is 2. The molecule has 8 nitrogen and oxygen atoms in total. The first-order valence-electron chi connectivity index (χ1n) is 14.3. The normalized spacial score (nSPS) is 13.4. The largest absolute Gasteiger partial charge is 0.367 e. The minimum Gasteiger partial charge on any atom is -0.367 e. The van der Waals surface area contributed by atoms with Crippen molar-refractivity contribution in [2.24, 2.45) is 0 Å². The van der Waals surface area contributed by atoms with Gasteiger partial charge in [-0.15, -0.1) is 0 Å². The van der Waals surface area contributed by atoms with E-state index >= 15 is 0 Å². The SMILES string of the molecule is CC.N#Cc1cc2nc(-c3ccc(CN4CCC(Nc5ccnc(C#N)n5)CC4)cc3)c(-c3ccccc3)cc2cn1. The van der Waals surface area contributed by atoms with Gasteiger partial charge in [-0.25, -0.2) is 19.9 Å². The molecule has 208 valence electrons. The number of hydrogen-bond donors (Lipinski definition) is 1. The second kappa shape index (κ2) is 13.5. The van der Waals surface area contributed by atoms with E-state index < -0.39 is 0 Å². The van der Waals surface area contributed by atoms with Gasteiger partial charge in [-0.2, -0.15) is 10.5 Å². The minimum atomic E-state index is 0.185. The molecule has 6 rings (SSSR count). The maximum atomic E-state index is 9.32. The van der Waals surface area contributed by atoms with Crippen LogP contribution in [0.3, 0.4) is 0 Å². The number of fused-ring (bicyclic) bond motifs is 1. The summed E-state index contributed by atoms with van der Waals surface area (Å²) in [4.78, 5) is 19.9. The zero-order valence-electron chi connectivity index (χ0n) is 23.8. The van der Waals surface area contributed by atoms with E-state index in [1.54, 1.807) is 18.5 Å². The molecule has 1 aliphatic rings. The van der Waals surface area contributed by atoms with Crippen LogP contribution in [0.1, 0.15) is 43.8 Å². The Hall–Kier alpha value is -5.18. The topological polar surface area (TPSA) is 114 Å². The molecule has 2 aromatic carbocycles. The first-order chi connectivity index (χ1) is 20.7. The molecule has 1 saturated heterocycles. The van der Waals surface area contributed by atoms with Gasteiger partial charge in [-0.1, -0.05) is 68.4 Å².